The van der Waals surface area contributed by atoms with Gasteiger partial charge >= 0.3 is 0 Å². The zero-order valence-corrected chi connectivity index (χ0v) is 16.6. The predicted octanol–water partition coefficient (Wildman–Crippen LogP) is 5.42. The maximum Gasteiger partial charge on any atom is 0.258 e. The molecule has 2 aromatic heterocycles. The fourth-order valence-corrected chi connectivity index (χ4v) is 3.86. The van der Waals surface area contributed by atoms with Gasteiger partial charge in [0.25, 0.3) is 5.91 Å². The molecule has 7 heteroatoms. The van der Waals surface area contributed by atoms with Crippen LogP contribution in [0.2, 0.25) is 0 Å². The molecule has 0 saturated heterocycles. The number of ether oxygens (including phenoxy) is 1. The van der Waals surface area contributed by atoms with Gasteiger partial charge in [-0.2, -0.15) is 0 Å². The topological polar surface area (TPSA) is 64.4 Å². The molecule has 0 aliphatic rings. The van der Waals surface area contributed by atoms with Crippen LogP contribution >= 0.6 is 33.9 Å². The standard InChI is InChI=1S/C19H13IN2O3S/c1-24-12-6-7-16-11(8-12)9-17(25-16)15-10-26-19(21-15)22-18(23)13-4-2-3-5-14(13)20/h2-10H,1H3,(H,21,22,23). The highest BCUT2D eigenvalue weighted by atomic mass is 127. The SMILES string of the molecule is COc1ccc2oc(-c3csc(NC(=O)c4ccccc4I)n3)cc2c1. The van der Waals surface area contributed by atoms with E-state index in [1.165, 1.54) is 11.3 Å². The summed E-state index contributed by atoms with van der Waals surface area (Å²) < 4.78 is 12.0. The van der Waals surface area contributed by atoms with Crippen molar-refractivity contribution in [3.63, 3.8) is 0 Å². The number of anilines is 1. The van der Waals surface area contributed by atoms with E-state index in [0.29, 0.717) is 22.1 Å². The molecule has 1 N–H and O–H groups in total. The molecule has 26 heavy (non-hydrogen) atoms. The number of nitrogens with zero attached hydrogens (tertiary/aromatic N) is 1. The van der Waals surface area contributed by atoms with Crippen molar-refractivity contribution in [2.45, 2.75) is 0 Å². The molecule has 130 valence electrons. The summed E-state index contributed by atoms with van der Waals surface area (Å²) in [5, 5.41) is 6.18. The molecular formula is C19H13IN2O3S. The maximum absolute atomic E-state index is 12.4. The molecule has 0 atom stereocenters. The van der Waals surface area contributed by atoms with E-state index in [9.17, 15) is 4.79 Å². The van der Waals surface area contributed by atoms with Gasteiger partial charge in [0.1, 0.15) is 17.0 Å². The van der Waals surface area contributed by atoms with Crippen molar-refractivity contribution < 1.29 is 13.9 Å². The highest BCUT2D eigenvalue weighted by Gasteiger charge is 2.14. The van der Waals surface area contributed by atoms with Gasteiger partial charge in [-0.15, -0.1) is 11.3 Å². The summed E-state index contributed by atoms with van der Waals surface area (Å²) in [5.41, 5.74) is 2.07. The first-order valence-corrected chi connectivity index (χ1v) is 9.69. The molecule has 0 spiro atoms. The highest BCUT2D eigenvalue weighted by Crippen LogP contribution is 2.32. The molecule has 0 saturated carbocycles. The normalized spacial score (nSPS) is 10.8. The molecule has 0 aliphatic carbocycles. The van der Waals surface area contributed by atoms with Gasteiger partial charge in [0, 0.05) is 14.3 Å². The molecule has 5 nitrogen and oxygen atoms in total. The molecule has 0 unspecified atom stereocenters. The Hall–Kier alpha value is -2.39. The number of hydrogen-bond acceptors (Lipinski definition) is 5. The molecule has 0 fully saturated rings. The van der Waals surface area contributed by atoms with Gasteiger partial charge in [-0.3, -0.25) is 10.1 Å². The Kier molecular flexibility index (Phi) is 4.64. The molecule has 4 rings (SSSR count). The van der Waals surface area contributed by atoms with E-state index in [0.717, 1.165) is 20.3 Å². The number of methoxy groups -OCH3 is 1. The van der Waals surface area contributed by atoms with E-state index < -0.39 is 0 Å². The fourth-order valence-electron chi connectivity index (χ4n) is 2.53. The minimum Gasteiger partial charge on any atom is -0.497 e. The Morgan fingerprint density at radius 1 is 1.23 bits per heavy atom. The van der Waals surface area contributed by atoms with Crippen LogP contribution < -0.4 is 10.1 Å². The molecule has 0 aliphatic heterocycles. The molecule has 2 aromatic carbocycles. The van der Waals surface area contributed by atoms with Crippen molar-refractivity contribution >= 4 is 55.9 Å². The molecule has 0 bridgehead atoms. The summed E-state index contributed by atoms with van der Waals surface area (Å²) in [6, 6.07) is 15.0. The van der Waals surface area contributed by atoms with Gasteiger partial charge in [-0.1, -0.05) is 12.1 Å². The average molecular weight is 476 g/mol. The van der Waals surface area contributed by atoms with Crippen LogP contribution in [0, 0.1) is 3.57 Å². The second kappa shape index (κ2) is 7.08. The summed E-state index contributed by atoms with van der Waals surface area (Å²) in [4.78, 5) is 16.9. The Bertz CT molecular complexity index is 1100. The quantitative estimate of drug-likeness (QED) is 0.400. The van der Waals surface area contributed by atoms with Gasteiger partial charge in [0.15, 0.2) is 10.9 Å². The summed E-state index contributed by atoms with van der Waals surface area (Å²) in [5.74, 6) is 1.25. The van der Waals surface area contributed by atoms with Crippen LogP contribution in [0.25, 0.3) is 22.4 Å². The van der Waals surface area contributed by atoms with Crippen LogP contribution in [0.1, 0.15) is 10.4 Å². The smallest absolute Gasteiger partial charge is 0.258 e. The number of benzene rings is 2. The Morgan fingerprint density at radius 2 is 2.08 bits per heavy atom. The number of halogens is 1. The Labute approximate surface area is 167 Å². The van der Waals surface area contributed by atoms with Crippen molar-refractivity contribution in [3.05, 3.63) is 63.0 Å². The van der Waals surface area contributed by atoms with Crippen molar-refractivity contribution in [2.75, 3.05) is 12.4 Å². The van der Waals surface area contributed by atoms with Gasteiger partial charge in [-0.05, 0) is 59.0 Å². The zero-order chi connectivity index (χ0) is 18.1. The number of carbonyl (C=O) groups excluding carboxylic acids is 1. The number of carbonyl (C=O) groups is 1. The van der Waals surface area contributed by atoms with E-state index in [4.69, 9.17) is 9.15 Å². The average Bonchev–Trinajstić information content (AvgIpc) is 3.27. The third-order valence-electron chi connectivity index (χ3n) is 3.82. The van der Waals surface area contributed by atoms with Crippen LogP contribution in [0.15, 0.2) is 58.3 Å². The summed E-state index contributed by atoms with van der Waals surface area (Å²) in [6.07, 6.45) is 0. The molecule has 1 amide bonds. The molecule has 4 aromatic rings. The van der Waals surface area contributed by atoms with Gasteiger partial charge in [0.05, 0.1) is 12.7 Å². The van der Waals surface area contributed by atoms with Crippen LogP contribution in [-0.2, 0) is 0 Å². The third-order valence-corrected chi connectivity index (χ3v) is 5.52. The van der Waals surface area contributed by atoms with Crippen molar-refractivity contribution in [1.82, 2.24) is 4.98 Å². The molecular weight excluding hydrogens is 463 g/mol. The lowest BCUT2D eigenvalue weighted by Crippen LogP contribution is -2.13. The Balaban J connectivity index is 1.58. The second-order valence-corrected chi connectivity index (χ2v) is 7.51. The van der Waals surface area contributed by atoms with Gasteiger partial charge in [-0.25, -0.2) is 4.98 Å². The monoisotopic (exact) mass is 476 g/mol. The van der Waals surface area contributed by atoms with Crippen molar-refractivity contribution in [1.29, 1.82) is 0 Å². The summed E-state index contributed by atoms with van der Waals surface area (Å²) in [6.45, 7) is 0. The number of aromatic nitrogens is 1. The van der Waals surface area contributed by atoms with E-state index in [1.54, 1.807) is 13.2 Å². The first kappa shape index (κ1) is 17.0. The third kappa shape index (κ3) is 3.32. The van der Waals surface area contributed by atoms with E-state index in [-0.39, 0.29) is 5.91 Å². The Morgan fingerprint density at radius 3 is 2.88 bits per heavy atom. The largest absolute Gasteiger partial charge is 0.497 e. The minimum absolute atomic E-state index is 0.176. The van der Waals surface area contributed by atoms with E-state index in [2.05, 4.69) is 32.9 Å². The molecule has 2 heterocycles. The number of fused-ring (bicyclic) bond motifs is 1. The number of nitrogens with one attached hydrogen (secondary N) is 1. The fraction of sp³-hybridized carbons (Fsp3) is 0.0526. The maximum atomic E-state index is 12.4. The summed E-state index contributed by atoms with van der Waals surface area (Å²) in [7, 11) is 1.63. The number of rotatable bonds is 4. The lowest BCUT2D eigenvalue weighted by atomic mass is 10.2. The van der Waals surface area contributed by atoms with Crippen LogP contribution in [0.5, 0.6) is 5.75 Å². The zero-order valence-electron chi connectivity index (χ0n) is 13.7. The number of hydrogen-bond donors (Lipinski definition) is 1. The van der Waals surface area contributed by atoms with Gasteiger partial charge < -0.3 is 9.15 Å². The highest BCUT2D eigenvalue weighted by molar-refractivity contribution is 14.1. The van der Waals surface area contributed by atoms with Crippen molar-refractivity contribution in [2.24, 2.45) is 0 Å². The van der Waals surface area contributed by atoms with Gasteiger partial charge in [0.2, 0.25) is 0 Å². The lowest BCUT2D eigenvalue weighted by Gasteiger charge is -2.03. The predicted molar refractivity (Wildman–Crippen MR) is 111 cm³/mol. The van der Waals surface area contributed by atoms with E-state index >= 15 is 0 Å². The number of furan rings is 1. The number of amides is 1. The minimum atomic E-state index is -0.176. The van der Waals surface area contributed by atoms with E-state index in [1.807, 2.05) is 47.8 Å². The summed E-state index contributed by atoms with van der Waals surface area (Å²) >= 11 is 3.50. The van der Waals surface area contributed by atoms with Crippen LogP contribution in [0.3, 0.4) is 0 Å². The number of thiazole rings is 1. The molecule has 0 radical (unpaired) electrons. The van der Waals surface area contributed by atoms with Crippen LogP contribution in [0.4, 0.5) is 5.13 Å². The van der Waals surface area contributed by atoms with Crippen molar-refractivity contribution in [3.8, 4) is 17.2 Å². The van der Waals surface area contributed by atoms with Crippen LogP contribution in [-0.4, -0.2) is 18.0 Å². The first-order valence-electron chi connectivity index (χ1n) is 7.73. The lowest BCUT2D eigenvalue weighted by molar-refractivity contribution is 0.102. The first-order chi connectivity index (χ1) is 12.6. The second-order valence-electron chi connectivity index (χ2n) is 5.49.